The first-order valence-corrected chi connectivity index (χ1v) is 8.30. The van der Waals surface area contributed by atoms with Gasteiger partial charge in [0.25, 0.3) is 0 Å². The van der Waals surface area contributed by atoms with Crippen molar-refractivity contribution < 1.29 is 9.90 Å². The van der Waals surface area contributed by atoms with E-state index in [0.717, 1.165) is 10.4 Å². The molecule has 8 heteroatoms. The van der Waals surface area contributed by atoms with Crippen LogP contribution < -0.4 is 5.32 Å². The van der Waals surface area contributed by atoms with E-state index in [1.165, 1.54) is 30.2 Å². The lowest BCUT2D eigenvalue weighted by molar-refractivity contribution is 0.0690. The van der Waals surface area contributed by atoms with Crippen molar-refractivity contribution in [2.45, 2.75) is 25.8 Å². The number of aromatic carboxylic acids is 1. The lowest BCUT2D eigenvalue weighted by atomic mass is 10.2. The van der Waals surface area contributed by atoms with E-state index in [2.05, 4.69) is 27.3 Å². The standard InChI is InChI=1S/C15H15N5O2S/c1-8(9-2-3-9)17-12-6-11(15(21)22)18-13(19-12)10-7-16-20-4-5-23-14(10)20/h4-9H,2-3H2,1H3,(H,21,22)(H,17,18,19). The van der Waals surface area contributed by atoms with Crippen molar-refractivity contribution in [3.05, 3.63) is 29.5 Å². The number of carboxylic acid groups (broad SMARTS) is 1. The monoisotopic (exact) mass is 329 g/mol. The number of hydrogen-bond donors (Lipinski definition) is 2. The van der Waals surface area contributed by atoms with Gasteiger partial charge in [-0.1, -0.05) is 0 Å². The van der Waals surface area contributed by atoms with Gasteiger partial charge in [0.1, 0.15) is 10.6 Å². The van der Waals surface area contributed by atoms with Crippen LogP contribution >= 0.6 is 11.3 Å². The molecule has 1 saturated carbocycles. The molecule has 0 amide bonds. The summed E-state index contributed by atoms with van der Waals surface area (Å²) < 4.78 is 1.73. The fraction of sp³-hybridized carbons (Fsp3) is 0.333. The van der Waals surface area contributed by atoms with E-state index < -0.39 is 5.97 Å². The average Bonchev–Trinajstić information content (AvgIpc) is 3.14. The van der Waals surface area contributed by atoms with Crippen molar-refractivity contribution in [2.24, 2.45) is 5.92 Å². The Morgan fingerprint density at radius 3 is 3.04 bits per heavy atom. The van der Waals surface area contributed by atoms with E-state index in [1.54, 1.807) is 10.7 Å². The van der Waals surface area contributed by atoms with Crippen LogP contribution in [0.2, 0.25) is 0 Å². The molecule has 0 saturated heterocycles. The molecule has 3 aromatic heterocycles. The topological polar surface area (TPSA) is 92.4 Å². The summed E-state index contributed by atoms with van der Waals surface area (Å²) in [6.45, 7) is 2.09. The zero-order valence-corrected chi connectivity index (χ0v) is 13.2. The molecule has 1 aliphatic rings. The second-order valence-corrected chi connectivity index (χ2v) is 6.64. The molecule has 1 fully saturated rings. The van der Waals surface area contributed by atoms with Gasteiger partial charge in [0.05, 0.1) is 11.8 Å². The summed E-state index contributed by atoms with van der Waals surface area (Å²) in [5, 5.41) is 18.8. The Balaban J connectivity index is 1.77. The Morgan fingerprint density at radius 1 is 1.48 bits per heavy atom. The smallest absolute Gasteiger partial charge is 0.354 e. The first-order valence-electron chi connectivity index (χ1n) is 7.42. The highest BCUT2D eigenvalue weighted by Crippen LogP contribution is 2.34. The second-order valence-electron chi connectivity index (χ2n) is 5.75. The molecule has 3 heterocycles. The predicted octanol–water partition coefficient (Wildman–Crippen LogP) is 2.76. The molecule has 0 aliphatic heterocycles. The third-order valence-electron chi connectivity index (χ3n) is 4.02. The SMILES string of the molecule is CC(Nc1cc(C(=O)O)nc(-c2cnn3ccsc23)n1)C1CC1. The molecule has 1 unspecified atom stereocenters. The summed E-state index contributed by atoms with van der Waals surface area (Å²) in [6, 6.07) is 1.76. The maximum atomic E-state index is 11.4. The normalized spacial score (nSPS) is 15.7. The highest BCUT2D eigenvalue weighted by molar-refractivity contribution is 7.16. The number of hydrogen-bond acceptors (Lipinski definition) is 6. The van der Waals surface area contributed by atoms with E-state index in [4.69, 9.17) is 0 Å². The van der Waals surface area contributed by atoms with Crippen LogP contribution in [0.3, 0.4) is 0 Å². The fourth-order valence-corrected chi connectivity index (χ4v) is 3.37. The lowest BCUT2D eigenvalue weighted by Gasteiger charge is -2.14. The Hall–Kier alpha value is -2.48. The molecule has 4 rings (SSSR count). The number of fused-ring (bicyclic) bond motifs is 1. The molecular weight excluding hydrogens is 314 g/mol. The van der Waals surface area contributed by atoms with Crippen molar-refractivity contribution in [1.82, 2.24) is 19.6 Å². The van der Waals surface area contributed by atoms with Crippen LogP contribution in [-0.4, -0.2) is 36.7 Å². The number of carboxylic acids is 1. The number of thiazole rings is 1. The van der Waals surface area contributed by atoms with E-state index in [1.807, 2.05) is 11.6 Å². The summed E-state index contributed by atoms with van der Waals surface area (Å²) in [7, 11) is 0. The van der Waals surface area contributed by atoms with Crippen molar-refractivity contribution in [1.29, 1.82) is 0 Å². The minimum atomic E-state index is -1.06. The number of rotatable bonds is 5. The van der Waals surface area contributed by atoms with Crippen molar-refractivity contribution >= 4 is 28.0 Å². The Morgan fingerprint density at radius 2 is 2.30 bits per heavy atom. The van der Waals surface area contributed by atoms with Crippen LogP contribution in [0.1, 0.15) is 30.3 Å². The van der Waals surface area contributed by atoms with Crippen LogP contribution in [0.4, 0.5) is 5.82 Å². The van der Waals surface area contributed by atoms with Gasteiger partial charge in [-0.05, 0) is 25.7 Å². The number of carbonyl (C=O) groups is 1. The first kappa shape index (κ1) is 14.1. The molecule has 1 aliphatic carbocycles. The van der Waals surface area contributed by atoms with E-state index in [9.17, 15) is 9.90 Å². The quantitative estimate of drug-likeness (QED) is 0.748. The molecule has 23 heavy (non-hydrogen) atoms. The minimum absolute atomic E-state index is 0.0172. The van der Waals surface area contributed by atoms with E-state index >= 15 is 0 Å². The summed E-state index contributed by atoms with van der Waals surface area (Å²) >= 11 is 1.52. The van der Waals surface area contributed by atoms with Gasteiger partial charge in [0.2, 0.25) is 0 Å². The van der Waals surface area contributed by atoms with E-state index in [-0.39, 0.29) is 11.7 Å². The second kappa shape index (κ2) is 5.31. The number of nitrogens with one attached hydrogen (secondary N) is 1. The van der Waals surface area contributed by atoms with Crippen molar-refractivity contribution in [3.8, 4) is 11.4 Å². The van der Waals surface area contributed by atoms with Gasteiger partial charge in [-0.25, -0.2) is 19.3 Å². The van der Waals surface area contributed by atoms with Crippen LogP contribution in [0, 0.1) is 5.92 Å². The average molecular weight is 329 g/mol. The Labute approximate surface area is 136 Å². The molecule has 0 spiro atoms. The predicted molar refractivity (Wildman–Crippen MR) is 86.9 cm³/mol. The van der Waals surface area contributed by atoms with Gasteiger partial charge in [0, 0.05) is 23.7 Å². The van der Waals surface area contributed by atoms with Gasteiger partial charge in [-0.15, -0.1) is 11.3 Å². The summed E-state index contributed by atoms with van der Waals surface area (Å²) in [5.41, 5.74) is 0.724. The highest BCUT2D eigenvalue weighted by Gasteiger charge is 2.28. The van der Waals surface area contributed by atoms with Crippen LogP contribution in [0.15, 0.2) is 23.8 Å². The van der Waals surface area contributed by atoms with Crippen molar-refractivity contribution in [2.75, 3.05) is 5.32 Å². The molecule has 0 aromatic carbocycles. The third-order valence-corrected chi connectivity index (χ3v) is 4.91. The summed E-state index contributed by atoms with van der Waals surface area (Å²) in [6.07, 6.45) is 5.92. The highest BCUT2D eigenvalue weighted by atomic mass is 32.1. The van der Waals surface area contributed by atoms with Crippen molar-refractivity contribution in [3.63, 3.8) is 0 Å². The molecule has 2 N–H and O–H groups in total. The zero-order chi connectivity index (χ0) is 16.0. The van der Waals surface area contributed by atoms with Gasteiger partial charge >= 0.3 is 5.97 Å². The van der Waals surface area contributed by atoms with E-state index in [0.29, 0.717) is 17.6 Å². The molecule has 3 aromatic rings. The Kier molecular flexibility index (Phi) is 3.26. The molecular formula is C15H15N5O2S. The van der Waals surface area contributed by atoms with Gasteiger partial charge in [-0.2, -0.15) is 5.10 Å². The Bertz CT molecular complexity index is 883. The minimum Gasteiger partial charge on any atom is -0.477 e. The summed E-state index contributed by atoms with van der Waals surface area (Å²) in [5.74, 6) is 0.503. The maximum absolute atomic E-state index is 11.4. The fourth-order valence-electron chi connectivity index (χ4n) is 2.58. The van der Waals surface area contributed by atoms with Gasteiger partial charge < -0.3 is 10.4 Å². The first-order chi connectivity index (χ1) is 11.1. The van der Waals surface area contributed by atoms with Crippen LogP contribution in [-0.2, 0) is 0 Å². The van der Waals surface area contributed by atoms with Gasteiger partial charge in [-0.3, -0.25) is 0 Å². The molecule has 7 nitrogen and oxygen atoms in total. The summed E-state index contributed by atoms with van der Waals surface area (Å²) in [4.78, 5) is 21.0. The van der Waals surface area contributed by atoms with Gasteiger partial charge in [0.15, 0.2) is 11.5 Å². The number of aromatic nitrogens is 4. The lowest BCUT2D eigenvalue weighted by Crippen LogP contribution is -2.19. The molecule has 118 valence electrons. The molecule has 0 bridgehead atoms. The maximum Gasteiger partial charge on any atom is 0.354 e. The third kappa shape index (κ3) is 2.65. The molecule has 1 atom stereocenters. The largest absolute Gasteiger partial charge is 0.477 e. The number of anilines is 1. The zero-order valence-electron chi connectivity index (χ0n) is 12.4. The van der Waals surface area contributed by atoms with Crippen LogP contribution in [0.5, 0.6) is 0 Å². The van der Waals surface area contributed by atoms with Crippen LogP contribution in [0.25, 0.3) is 16.2 Å². The number of nitrogens with zero attached hydrogens (tertiary/aromatic N) is 4. The molecule has 0 radical (unpaired) electrons.